The van der Waals surface area contributed by atoms with Gasteiger partial charge in [-0.15, -0.1) is 0 Å². The van der Waals surface area contributed by atoms with Crippen molar-refractivity contribution in [2.75, 3.05) is 0 Å². The predicted molar refractivity (Wildman–Crippen MR) is 133 cm³/mol. The molecule has 4 rings (SSSR count). The summed E-state index contributed by atoms with van der Waals surface area (Å²) in [7, 11) is 15.1. The van der Waals surface area contributed by atoms with E-state index < -0.39 is 19.4 Å². The van der Waals surface area contributed by atoms with Gasteiger partial charge in [-0.3, -0.25) is 0 Å². The van der Waals surface area contributed by atoms with E-state index in [1.54, 1.807) is 0 Å². The molecule has 1 N–H and O–H groups in total. The summed E-state index contributed by atoms with van der Waals surface area (Å²) >= 11 is -4.59. The third-order valence-electron chi connectivity index (χ3n) is 6.53. The Hall–Kier alpha value is -1.36. The van der Waals surface area contributed by atoms with Gasteiger partial charge in [-0.1, -0.05) is 0 Å². The molecule has 0 heterocycles. The Bertz CT molecular complexity index is 1180. The van der Waals surface area contributed by atoms with Crippen LogP contribution in [-0.4, -0.2) is 12.6 Å². The third kappa shape index (κ3) is 3.85. The maximum atomic E-state index is 13.6. The van der Waals surface area contributed by atoms with Gasteiger partial charge in [-0.25, -0.2) is 0 Å². The van der Waals surface area contributed by atoms with E-state index in [9.17, 15) is 4.79 Å². The average Bonchev–Trinajstić information content (AvgIpc) is 3.12. The van der Waals surface area contributed by atoms with Crippen molar-refractivity contribution in [3.63, 3.8) is 0 Å². The zero-order valence-electron chi connectivity index (χ0n) is 18.4. The molecule has 0 atom stereocenters. The van der Waals surface area contributed by atoms with Crippen molar-refractivity contribution < 1.29 is 17.5 Å². The molecule has 0 aromatic heterocycles. The fourth-order valence-electron chi connectivity index (χ4n) is 4.59. The van der Waals surface area contributed by atoms with Crippen LogP contribution in [0.4, 0.5) is 0 Å². The van der Waals surface area contributed by atoms with Crippen LogP contribution in [0.25, 0.3) is 11.1 Å². The number of rotatable bonds is 5. The van der Waals surface area contributed by atoms with Crippen LogP contribution < -0.4 is 7.67 Å². The molecule has 6 heteroatoms. The second kappa shape index (κ2) is 8.21. The summed E-state index contributed by atoms with van der Waals surface area (Å²) in [4.78, 5) is 13.6. The summed E-state index contributed by atoms with van der Waals surface area (Å²) < 4.78 is 4.29. The molecule has 1 aliphatic rings. The van der Waals surface area contributed by atoms with Crippen molar-refractivity contribution in [2.24, 2.45) is 0 Å². The van der Waals surface area contributed by atoms with Crippen molar-refractivity contribution in [3.8, 4) is 11.1 Å². The van der Waals surface area contributed by atoms with Gasteiger partial charge in [0.25, 0.3) is 0 Å². The molecule has 31 heavy (non-hydrogen) atoms. The van der Waals surface area contributed by atoms with Gasteiger partial charge in [0.05, 0.1) is 0 Å². The molecular weight excluding hydrogens is 477 g/mol. The quantitative estimate of drug-likeness (QED) is 0.316. The second-order valence-electron chi connectivity index (χ2n) is 9.10. The molecule has 0 saturated carbocycles. The van der Waals surface area contributed by atoms with E-state index in [-0.39, 0.29) is 11.8 Å². The molecule has 3 aromatic carbocycles. The Morgan fingerprint density at radius 3 is 2.29 bits per heavy atom. The normalized spacial score (nSPS) is 14.1. The van der Waals surface area contributed by atoms with E-state index >= 15 is 0 Å². The first-order valence-electron chi connectivity index (χ1n) is 10.8. The predicted octanol–water partition coefficient (Wildman–Crippen LogP) is 6.33. The number of hydrogen-bond acceptors (Lipinski definition) is 1. The maximum absolute atomic E-state index is 13.6. The van der Waals surface area contributed by atoms with Gasteiger partial charge in [0.1, 0.15) is 0 Å². The summed E-state index contributed by atoms with van der Waals surface area (Å²) in [6.45, 7) is 6.80. The molecule has 0 spiro atoms. The first kappa shape index (κ1) is 22.8. The monoisotopic (exact) mass is 504 g/mol. The van der Waals surface area contributed by atoms with Crippen LogP contribution in [-0.2, 0) is 19.1 Å². The Kier molecular flexibility index (Phi) is 6.04. The molecule has 0 aliphatic heterocycles. The van der Waals surface area contributed by atoms with E-state index in [0.29, 0.717) is 5.56 Å². The zero-order chi connectivity index (χ0) is 22.4. The van der Waals surface area contributed by atoms with E-state index in [1.165, 1.54) is 22.3 Å². The Morgan fingerprint density at radius 2 is 1.58 bits per heavy atom. The summed E-state index contributed by atoms with van der Waals surface area (Å²) in [6.07, 6.45) is 0.806. The molecule has 1 amide bonds. The van der Waals surface area contributed by atoms with Gasteiger partial charge in [-0.2, -0.15) is 0 Å². The van der Waals surface area contributed by atoms with Crippen molar-refractivity contribution >= 4 is 35.0 Å². The molecule has 0 saturated heterocycles. The fourth-order valence-corrected chi connectivity index (χ4v) is 16.5. The Morgan fingerprint density at radius 1 is 0.935 bits per heavy atom. The zero-order valence-corrected chi connectivity index (χ0v) is 22.6. The molecule has 161 valence electrons. The molecule has 0 unspecified atom stereocenters. The van der Waals surface area contributed by atoms with Crippen LogP contribution in [0.5, 0.6) is 0 Å². The Balaban J connectivity index is 1.83. The SMILES string of the molecule is CC(C)c1ccccc1C(=O)[NH][Ti]([Cl])([Cl])([c]1cccc2c1Cc1ccccc1-2)[SiH](C)C. The molecular formula is C25H28Cl2NOSiTi. The van der Waals surface area contributed by atoms with E-state index in [0.717, 1.165) is 15.9 Å². The summed E-state index contributed by atoms with van der Waals surface area (Å²) in [5.74, 6) is 0.0818. The first-order chi connectivity index (χ1) is 14.6. The second-order valence-corrected chi connectivity index (χ2v) is 36.5. The minimum atomic E-state index is -4.59. The number of fused-ring (bicyclic) bond motifs is 3. The molecule has 2 nitrogen and oxygen atoms in total. The first-order valence-corrected chi connectivity index (χ1v) is 22.3. The Labute approximate surface area is 194 Å². The number of nitrogens with one attached hydrogen (secondary N) is 1. The summed E-state index contributed by atoms with van der Waals surface area (Å²) in [5.41, 5.74) is 6.58. The van der Waals surface area contributed by atoms with E-state index in [1.807, 2.05) is 30.3 Å². The number of hydrogen-bond donors (Lipinski definition) is 1. The van der Waals surface area contributed by atoms with Crippen molar-refractivity contribution in [1.29, 1.82) is 0 Å². The third-order valence-corrected chi connectivity index (χ3v) is 36.5. The molecule has 1 aliphatic carbocycles. The van der Waals surface area contributed by atoms with Crippen LogP contribution in [0, 0.1) is 0 Å². The van der Waals surface area contributed by atoms with Crippen molar-refractivity contribution in [1.82, 2.24) is 3.80 Å². The topological polar surface area (TPSA) is 29.1 Å². The number of carbonyl (C=O) groups excluding carboxylic acids is 1. The van der Waals surface area contributed by atoms with Crippen molar-refractivity contribution in [3.05, 3.63) is 89.0 Å². The van der Waals surface area contributed by atoms with Gasteiger partial charge >= 0.3 is 196 Å². The van der Waals surface area contributed by atoms with Gasteiger partial charge in [0.15, 0.2) is 0 Å². The molecule has 3 aromatic rings. The van der Waals surface area contributed by atoms with Gasteiger partial charge in [0.2, 0.25) is 0 Å². The molecule has 0 radical (unpaired) electrons. The standard InChI is InChI=1S/C13H9.C10H13NO.C2H7Si.2ClH.Ti/c1-3-7-12-10(5-1)9-11-6-2-4-8-13(11)12;1-7(2)8-5-3-4-6-9(8)10(11)12;1-3-2;;;/h1-5,7-8H,9H2;3-7H,1-2H3,(H2,11,12);3H,1-2H3;2*1H;/q;;;;;+3/p-3. The number of halogens is 2. The number of benzene rings is 3. The van der Waals surface area contributed by atoms with Crippen LogP contribution in [0.15, 0.2) is 66.7 Å². The van der Waals surface area contributed by atoms with Crippen LogP contribution in [0.2, 0.25) is 13.1 Å². The van der Waals surface area contributed by atoms with E-state index in [4.69, 9.17) is 18.6 Å². The molecule has 0 fully saturated rings. The van der Waals surface area contributed by atoms with Gasteiger partial charge in [-0.05, 0) is 0 Å². The molecule has 0 bridgehead atoms. The van der Waals surface area contributed by atoms with Gasteiger partial charge in [0, 0.05) is 0 Å². The van der Waals surface area contributed by atoms with Crippen LogP contribution in [0.1, 0.15) is 46.8 Å². The minimum absolute atomic E-state index is 0.152. The van der Waals surface area contributed by atoms with Crippen LogP contribution >= 0.6 is 18.6 Å². The summed E-state index contributed by atoms with van der Waals surface area (Å²) in [6, 6.07) is 22.4. The average molecular weight is 505 g/mol. The number of carbonyl (C=O) groups is 1. The van der Waals surface area contributed by atoms with Crippen molar-refractivity contribution in [2.45, 2.75) is 39.3 Å². The fraction of sp³-hybridized carbons (Fsp3) is 0.240. The number of amides is 1. The van der Waals surface area contributed by atoms with E-state index in [2.05, 4.69) is 67.1 Å². The van der Waals surface area contributed by atoms with Crippen LogP contribution in [0.3, 0.4) is 0 Å². The summed E-state index contributed by atoms with van der Waals surface area (Å²) in [5, 5.41) is 0. The van der Waals surface area contributed by atoms with Gasteiger partial charge < -0.3 is 0 Å².